The molecule has 166 valence electrons. The second-order valence-electron chi connectivity index (χ2n) is 7.49. The molecular weight excluding hydrogens is 402 g/mol. The van der Waals surface area contributed by atoms with Gasteiger partial charge < -0.3 is 10.4 Å². The van der Waals surface area contributed by atoms with Crippen molar-refractivity contribution in [2.45, 2.75) is 19.0 Å². The van der Waals surface area contributed by atoms with E-state index in [2.05, 4.69) is 10.6 Å². The molecule has 3 N–H and O–H groups in total. The molecule has 0 aliphatic rings. The van der Waals surface area contributed by atoms with Gasteiger partial charge in [0, 0.05) is 19.7 Å². The quantitative estimate of drug-likeness (QED) is 0.459. The average molecular weight is 432 g/mol. The Morgan fingerprint density at radius 3 is 1.88 bits per heavy atom. The van der Waals surface area contributed by atoms with E-state index in [0.717, 1.165) is 16.7 Å². The molecule has 0 saturated carbocycles. The maximum atomic E-state index is 12.7. The SMILES string of the molecule is O=C(CN(CCCO)C(c1ccccc1)c1ccccc1)NC(=O)NCc1ccccc1. The molecule has 0 bridgehead atoms. The molecule has 6 nitrogen and oxygen atoms in total. The first-order chi connectivity index (χ1) is 15.7. The van der Waals surface area contributed by atoms with Crippen molar-refractivity contribution >= 4 is 11.9 Å². The fourth-order valence-electron chi connectivity index (χ4n) is 3.63. The first-order valence-corrected chi connectivity index (χ1v) is 10.7. The molecular formula is C26H29N3O3. The lowest BCUT2D eigenvalue weighted by Gasteiger charge is -2.32. The van der Waals surface area contributed by atoms with Crippen molar-refractivity contribution in [3.05, 3.63) is 108 Å². The number of carbonyl (C=O) groups excluding carboxylic acids is 2. The van der Waals surface area contributed by atoms with Gasteiger partial charge in [0.25, 0.3) is 0 Å². The third kappa shape index (κ3) is 7.04. The van der Waals surface area contributed by atoms with Crippen LogP contribution in [-0.4, -0.2) is 41.6 Å². The van der Waals surface area contributed by atoms with E-state index >= 15 is 0 Å². The predicted octanol–water partition coefficient (Wildman–Crippen LogP) is 3.49. The molecule has 3 amide bonds. The van der Waals surface area contributed by atoms with Crippen molar-refractivity contribution in [3.63, 3.8) is 0 Å². The minimum absolute atomic E-state index is 0.0198. The topological polar surface area (TPSA) is 81.7 Å². The number of aliphatic hydroxyl groups is 1. The Morgan fingerprint density at radius 1 is 0.812 bits per heavy atom. The largest absolute Gasteiger partial charge is 0.396 e. The van der Waals surface area contributed by atoms with Gasteiger partial charge in [-0.3, -0.25) is 15.0 Å². The molecule has 0 heterocycles. The van der Waals surface area contributed by atoms with Gasteiger partial charge in [-0.1, -0.05) is 91.0 Å². The Balaban J connectivity index is 1.70. The third-order valence-electron chi connectivity index (χ3n) is 5.09. The van der Waals surface area contributed by atoms with E-state index in [1.807, 2.05) is 95.9 Å². The highest BCUT2D eigenvalue weighted by molar-refractivity contribution is 5.95. The molecule has 0 aliphatic heterocycles. The zero-order valence-electron chi connectivity index (χ0n) is 18.0. The number of nitrogens with zero attached hydrogens (tertiary/aromatic N) is 1. The van der Waals surface area contributed by atoms with E-state index in [9.17, 15) is 14.7 Å². The minimum Gasteiger partial charge on any atom is -0.396 e. The Kier molecular flexibility index (Phi) is 8.98. The van der Waals surface area contributed by atoms with Gasteiger partial charge in [0.15, 0.2) is 0 Å². The molecule has 3 aromatic rings. The number of hydrogen-bond acceptors (Lipinski definition) is 4. The average Bonchev–Trinajstić information content (AvgIpc) is 2.83. The lowest BCUT2D eigenvalue weighted by Crippen LogP contribution is -2.45. The zero-order chi connectivity index (χ0) is 22.6. The van der Waals surface area contributed by atoms with Crippen LogP contribution in [0.5, 0.6) is 0 Å². The second-order valence-corrected chi connectivity index (χ2v) is 7.49. The van der Waals surface area contributed by atoms with Gasteiger partial charge in [0.1, 0.15) is 0 Å². The number of amides is 3. The van der Waals surface area contributed by atoms with Crippen LogP contribution in [0.2, 0.25) is 0 Å². The van der Waals surface area contributed by atoms with Crippen LogP contribution in [0.3, 0.4) is 0 Å². The number of imide groups is 1. The van der Waals surface area contributed by atoms with Crippen molar-refractivity contribution in [3.8, 4) is 0 Å². The first-order valence-electron chi connectivity index (χ1n) is 10.7. The van der Waals surface area contributed by atoms with Crippen molar-refractivity contribution < 1.29 is 14.7 Å². The summed E-state index contributed by atoms with van der Waals surface area (Å²) in [4.78, 5) is 26.9. The lowest BCUT2D eigenvalue weighted by atomic mass is 9.96. The summed E-state index contributed by atoms with van der Waals surface area (Å²) in [7, 11) is 0. The van der Waals surface area contributed by atoms with Crippen LogP contribution >= 0.6 is 0 Å². The summed E-state index contributed by atoms with van der Waals surface area (Å²) in [5.74, 6) is -0.398. The van der Waals surface area contributed by atoms with E-state index < -0.39 is 11.9 Å². The van der Waals surface area contributed by atoms with Crippen molar-refractivity contribution in [2.75, 3.05) is 19.7 Å². The van der Waals surface area contributed by atoms with Crippen LogP contribution in [0, 0.1) is 0 Å². The summed E-state index contributed by atoms with van der Waals surface area (Å²) in [6, 6.07) is 28.7. The van der Waals surface area contributed by atoms with Crippen molar-refractivity contribution in [1.82, 2.24) is 15.5 Å². The van der Waals surface area contributed by atoms with Gasteiger partial charge >= 0.3 is 6.03 Å². The maximum Gasteiger partial charge on any atom is 0.321 e. The number of rotatable bonds is 10. The van der Waals surface area contributed by atoms with Gasteiger partial charge in [0.05, 0.1) is 12.6 Å². The Morgan fingerprint density at radius 2 is 1.34 bits per heavy atom. The predicted molar refractivity (Wildman–Crippen MR) is 125 cm³/mol. The highest BCUT2D eigenvalue weighted by Crippen LogP contribution is 2.28. The van der Waals surface area contributed by atoms with Crippen LogP contribution in [0.15, 0.2) is 91.0 Å². The molecule has 0 radical (unpaired) electrons. The molecule has 0 aromatic heterocycles. The normalized spacial score (nSPS) is 10.8. The summed E-state index contributed by atoms with van der Waals surface area (Å²) in [5.41, 5.74) is 3.03. The van der Waals surface area contributed by atoms with E-state index in [0.29, 0.717) is 19.5 Å². The third-order valence-corrected chi connectivity index (χ3v) is 5.09. The van der Waals surface area contributed by atoms with Gasteiger partial charge in [-0.05, 0) is 23.1 Å². The van der Waals surface area contributed by atoms with Crippen LogP contribution < -0.4 is 10.6 Å². The van der Waals surface area contributed by atoms with Crippen LogP contribution in [0.1, 0.15) is 29.2 Å². The number of urea groups is 1. The molecule has 6 heteroatoms. The van der Waals surface area contributed by atoms with Crippen LogP contribution in [0.4, 0.5) is 4.79 Å². The van der Waals surface area contributed by atoms with Gasteiger partial charge in [-0.15, -0.1) is 0 Å². The maximum absolute atomic E-state index is 12.7. The van der Waals surface area contributed by atoms with Gasteiger partial charge in [-0.2, -0.15) is 0 Å². The molecule has 32 heavy (non-hydrogen) atoms. The highest BCUT2D eigenvalue weighted by atomic mass is 16.3. The monoisotopic (exact) mass is 431 g/mol. The highest BCUT2D eigenvalue weighted by Gasteiger charge is 2.24. The first kappa shape index (κ1) is 23.2. The molecule has 0 saturated heterocycles. The summed E-state index contributed by atoms with van der Waals surface area (Å²) in [6.07, 6.45) is 0.518. The van der Waals surface area contributed by atoms with E-state index in [-0.39, 0.29) is 19.2 Å². The van der Waals surface area contributed by atoms with Gasteiger partial charge in [0.2, 0.25) is 5.91 Å². The standard InChI is InChI=1S/C26H29N3O3/c30-18-10-17-29(20-24(31)28-26(32)27-19-21-11-4-1-5-12-21)25(22-13-6-2-7-14-22)23-15-8-3-9-16-23/h1-9,11-16,25,30H,10,17-20H2,(H2,27,28,31,32). The fraction of sp³-hybridized carbons (Fsp3) is 0.231. The number of aliphatic hydroxyl groups excluding tert-OH is 1. The van der Waals surface area contributed by atoms with Crippen molar-refractivity contribution in [1.29, 1.82) is 0 Å². The molecule has 0 unspecified atom stereocenters. The lowest BCUT2D eigenvalue weighted by molar-refractivity contribution is -0.121. The smallest absolute Gasteiger partial charge is 0.321 e. The molecule has 3 rings (SSSR count). The van der Waals surface area contributed by atoms with Crippen molar-refractivity contribution in [2.24, 2.45) is 0 Å². The molecule has 0 aliphatic carbocycles. The second kappa shape index (κ2) is 12.4. The summed E-state index contributed by atoms with van der Waals surface area (Å²) in [6.45, 7) is 0.883. The molecule has 0 spiro atoms. The number of hydrogen-bond donors (Lipinski definition) is 3. The molecule has 0 fully saturated rings. The van der Waals surface area contributed by atoms with E-state index in [4.69, 9.17) is 0 Å². The summed E-state index contributed by atoms with van der Waals surface area (Å²) in [5, 5.41) is 14.5. The molecule has 3 aromatic carbocycles. The van der Waals surface area contributed by atoms with Crippen LogP contribution in [0.25, 0.3) is 0 Å². The number of carbonyl (C=O) groups is 2. The minimum atomic E-state index is -0.531. The zero-order valence-corrected chi connectivity index (χ0v) is 18.0. The Hall–Kier alpha value is -3.48. The van der Waals surface area contributed by atoms with Crippen LogP contribution in [-0.2, 0) is 11.3 Å². The van der Waals surface area contributed by atoms with E-state index in [1.54, 1.807) is 0 Å². The summed E-state index contributed by atoms with van der Waals surface area (Å²) < 4.78 is 0. The Labute approximate surface area is 188 Å². The van der Waals surface area contributed by atoms with E-state index in [1.165, 1.54) is 0 Å². The Bertz CT molecular complexity index is 926. The van der Waals surface area contributed by atoms with Gasteiger partial charge in [-0.25, -0.2) is 4.79 Å². The summed E-state index contributed by atoms with van der Waals surface area (Å²) >= 11 is 0. The molecule has 0 atom stereocenters. The number of nitrogens with one attached hydrogen (secondary N) is 2. The number of benzene rings is 3. The fourth-order valence-corrected chi connectivity index (χ4v) is 3.63.